The smallest absolute Gasteiger partial charge is 0.257 e. The summed E-state index contributed by atoms with van der Waals surface area (Å²) in [6, 6.07) is 3.02. The Morgan fingerprint density at radius 2 is 1.95 bits per heavy atom. The Kier molecular flexibility index (Phi) is 5.67. The Bertz CT molecular complexity index is 520. The van der Waals surface area contributed by atoms with Crippen molar-refractivity contribution in [3.8, 4) is 5.75 Å². The predicted molar refractivity (Wildman–Crippen MR) is 86.1 cm³/mol. The number of ether oxygens (including phenoxy) is 1. The molecule has 1 aromatic rings. The van der Waals surface area contributed by atoms with E-state index in [4.69, 9.17) is 16.3 Å². The highest BCUT2D eigenvalue weighted by molar-refractivity contribution is 6.32. The number of nitrogens with zero attached hydrogens (tertiary/aromatic N) is 1. The Morgan fingerprint density at radius 3 is 2.50 bits per heavy atom. The van der Waals surface area contributed by atoms with Crippen molar-refractivity contribution in [2.24, 2.45) is 5.92 Å². The first-order valence-electron chi connectivity index (χ1n) is 7.77. The minimum absolute atomic E-state index is 0.0296. The fraction of sp³-hybridized carbons (Fsp3) is 0.647. The molecule has 0 spiro atoms. The number of halogens is 3. The molecule has 0 fully saturated rings. The zero-order valence-electron chi connectivity index (χ0n) is 13.6. The maximum atomic E-state index is 13.4. The van der Waals surface area contributed by atoms with E-state index in [0.717, 1.165) is 11.1 Å². The molecule has 1 heterocycles. The highest BCUT2D eigenvalue weighted by Gasteiger charge is 2.33. The molecule has 1 unspecified atom stereocenters. The molecule has 2 rings (SSSR count). The lowest BCUT2D eigenvalue weighted by Crippen LogP contribution is -2.44. The van der Waals surface area contributed by atoms with Crippen molar-refractivity contribution in [3.63, 3.8) is 0 Å². The van der Waals surface area contributed by atoms with E-state index in [0.29, 0.717) is 35.7 Å². The maximum Gasteiger partial charge on any atom is 0.257 e. The van der Waals surface area contributed by atoms with Gasteiger partial charge in [-0.1, -0.05) is 45.4 Å². The highest BCUT2D eigenvalue weighted by atomic mass is 35.5. The molecule has 0 aromatic heterocycles. The van der Waals surface area contributed by atoms with Gasteiger partial charge in [0.05, 0.1) is 5.02 Å². The van der Waals surface area contributed by atoms with Gasteiger partial charge in [0, 0.05) is 18.7 Å². The fourth-order valence-corrected chi connectivity index (χ4v) is 3.10. The summed E-state index contributed by atoms with van der Waals surface area (Å²) >= 11 is 6.31. The summed E-state index contributed by atoms with van der Waals surface area (Å²) in [5.74, 6) is 1.20. The quantitative estimate of drug-likeness (QED) is 0.774. The van der Waals surface area contributed by atoms with E-state index >= 15 is 0 Å². The number of hydrogen-bond donors (Lipinski definition) is 0. The molecular weight excluding hydrogens is 308 g/mol. The van der Waals surface area contributed by atoms with Gasteiger partial charge in [0.15, 0.2) is 0 Å². The zero-order valence-corrected chi connectivity index (χ0v) is 14.3. The molecule has 22 heavy (non-hydrogen) atoms. The molecule has 2 nitrogen and oxygen atoms in total. The van der Waals surface area contributed by atoms with Gasteiger partial charge in [0.2, 0.25) is 0 Å². The van der Waals surface area contributed by atoms with Crippen LogP contribution in [-0.2, 0) is 6.54 Å². The van der Waals surface area contributed by atoms with E-state index < -0.39 is 12.5 Å². The standard InChI is InChI=1S/C17H24ClF2NO/c1-10(2)7-21-8-13-5-12(11(3)4)6-14(18)16(13)22-9-15(21)17(19)20/h5-6,10-11,15,17H,7-9H2,1-4H3. The van der Waals surface area contributed by atoms with Gasteiger partial charge in [0.1, 0.15) is 18.4 Å². The van der Waals surface area contributed by atoms with Gasteiger partial charge >= 0.3 is 0 Å². The van der Waals surface area contributed by atoms with Crippen LogP contribution >= 0.6 is 11.6 Å². The van der Waals surface area contributed by atoms with Gasteiger partial charge in [-0.3, -0.25) is 4.90 Å². The van der Waals surface area contributed by atoms with Gasteiger partial charge in [-0.15, -0.1) is 0 Å². The summed E-state index contributed by atoms with van der Waals surface area (Å²) in [5, 5.41) is 0.514. The predicted octanol–water partition coefficient (Wildman–Crippen LogP) is 4.95. The zero-order chi connectivity index (χ0) is 16.4. The van der Waals surface area contributed by atoms with E-state index in [-0.39, 0.29) is 6.61 Å². The molecule has 0 saturated carbocycles. The number of rotatable bonds is 4. The van der Waals surface area contributed by atoms with E-state index in [1.165, 1.54) is 0 Å². The minimum atomic E-state index is -2.43. The molecular formula is C17H24ClF2NO. The van der Waals surface area contributed by atoms with Crippen molar-refractivity contribution in [1.82, 2.24) is 4.90 Å². The third kappa shape index (κ3) is 3.90. The van der Waals surface area contributed by atoms with Crippen molar-refractivity contribution in [2.45, 2.75) is 52.6 Å². The van der Waals surface area contributed by atoms with Crippen LogP contribution < -0.4 is 4.74 Å². The lowest BCUT2D eigenvalue weighted by Gasteiger charge is -2.29. The third-order valence-electron chi connectivity index (χ3n) is 3.94. The summed E-state index contributed by atoms with van der Waals surface area (Å²) in [6.45, 7) is 9.27. The molecule has 1 aliphatic rings. The van der Waals surface area contributed by atoms with Crippen molar-refractivity contribution in [2.75, 3.05) is 13.2 Å². The van der Waals surface area contributed by atoms with Crippen LogP contribution in [0.3, 0.4) is 0 Å². The van der Waals surface area contributed by atoms with Crippen molar-refractivity contribution in [3.05, 3.63) is 28.3 Å². The number of hydrogen-bond acceptors (Lipinski definition) is 2. The Labute approximate surface area is 136 Å². The second-order valence-electron chi connectivity index (χ2n) is 6.68. The molecule has 0 N–H and O–H groups in total. The summed E-state index contributed by atoms with van der Waals surface area (Å²) in [6.07, 6.45) is -2.43. The minimum Gasteiger partial charge on any atom is -0.490 e. The number of alkyl halides is 2. The topological polar surface area (TPSA) is 12.5 Å². The first-order valence-corrected chi connectivity index (χ1v) is 8.14. The molecule has 1 aromatic carbocycles. The largest absolute Gasteiger partial charge is 0.490 e. The van der Waals surface area contributed by atoms with Crippen LogP contribution in [0.15, 0.2) is 12.1 Å². The van der Waals surface area contributed by atoms with Crippen LogP contribution in [0.25, 0.3) is 0 Å². The van der Waals surface area contributed by atoms with Crippen LogP contribution in [0, 0.1) is 5.92 Å². The van der Waals surface area contributed by atoms with Gasteiger partial charge in [0.25, 0.3) is 6.43 Å². The molecule has 0 saturated heterocycles. The van der Waals surface area contributed by atoms with Gasteiger partial charge < -0.3 is 4.74 Å². The van der Waals surface area contributed by atoms with Crippen LogP contribution in [-0.4, -0.2) is 30.5 Å². The summed E-state index contributed by atoms with van der Waals surface area (Å²) in [7, 11) is 0. The average Bonchev–Trinajstić information content (AvgIpc) is 2.57. The highest BCUT2D eigenvalue weighted by Crippen LogP contribution is 2.36. The molecule has 0 amide bonds. The van der Waals surface area contributed by atoms with Crippen LogP contribution in [0.5, 0.6) is 5.75 Å². The average molecular weight is 332 g/mol. The van der Waals surface area contributed by atoms with Crippen LogP contribution in [0.4, 0.5) is 8.78 Å². The monoisotopic (exact) mass is 331 g/mol. The SMILES string of the molecule is CC(C)CN1Cc2cc(C(C)C)cc(Cl)c2OCC1C(F)F. The second-order valence-corrected chi connectivity index (χ2v) is 7.09. The van der Waals surface area contributed by atoms with Gasteiger partial charge in [-0.25, -0.2) is 8.78 Å². The first kappa shape index (κ1) is 17.5. The van der Waals surface area contributed by atoms with Crippen molar-refractivity contribution in [1.29, 1.82) is 0 Å². The van der Waals surface area contributed by atoms with Crippen LogP contribution in [0.1, 0.15) is 44.7 Å². The molecule has 1 atom stereocenters. The Morgan fingerprint density at radius 1 is 1.27 bits per heavy atom. The van der Waals surface area contributed by atoms with E-state index in [2.05, 4.69) is 13.8 Å². The summed E-state index contributed by atoms with van der Waals surface area (Å²) in [4.78, 5) is 1.82. The molecule has 0 bridgehead atoms. The fourth-order valence-electron chi connectivity index (χ4n) is 2.80. The van der Waals surface area contributed by atoms with E-state index in [9.17, 15) is 8.78 Å². The second kappa shape index (κ2) is 7.14. The van der Waals surface area contributed by atoms with Crippen molar-refractivity contribution >= 4 is 11.6 Å². The van der Waals surface area contributed by atoms with E-state index in [1.807, 2.05) is 30.9 Å². The van der Waals surface area contributed by atoms with Gasteiger partial charge in [-0.2, -0.15) is 0 Å². The molecule has 124 valence electrons. The lowest BCUT2D eigenvalue weighted by molar-refractivity contribution is -0.000772. The molecule has 5 heteroatoms. The molecule has 0 radical (unpaired) electrons. The number of fused-ring (bicyclic) bond motifs is 1. The first-order chi connectivity index (χ1) is 10.3. The molecule has 0 aliphatic carbocycles. The maximum absolute atomic E-state index is 13.4. The van der Waals surface area contributed by atoms with Crippen molar-refractivity contribution < 1.29 is 13.5 Å². The van der Waals surface area contributed by atoms with E-state index in [1.54, 1.807) is 0 Å². The van der Waals surface area contributed by atoms with Gasteiger partial charge in [-0.05, 0) is 23.5 Å². The number of benzene rings is 1. The lowest BCUT2D eigenvalue weighted by atomic mass is 9.99. The summed E-state index contributed by atoms with van der Waals surface area (Å²) < 4.78 is 32.4. The summed E-state index contributed by atoms with van der Waals surface area (Å²) in [5.41, 5.74) is 2.01. The molecule has 1 aliphatic heterocycles. The Hall–Kier alpha value is -0.870. The Balaban J connectivity index is 2.38. The third-order valence-corrected chi connectivity index (χ3v) is 4.22. The normalized spacial score (nSPS) is 19.5. The van der Waals surface area contributed by atoms with Crippen LogP contribution in [0.2, 0.25) is 5.02 Å².